The van der Waals surface area contributed by atoms with E-state index in [2.05, 4.69) is 0 Å². The molecule has 7 nitrogen and oxygen atoms in total. The zero-order valence-electron chi connectivity index (χ0n) is 19.1. The van der Waals surface area contributed by atoms with Gasteiger partial charge in [-0.25, -0.2) is 4.18 Å². The van der Waals surface area contributed by atoms with Gasteiger partial charge >= 0.3 is 11.4 Å². The molecule has 2 heterocycles. The van der Waals surface area contributed by atoms with Crippen molar-refractivity contribution >= 4 is 11.4 Å². The van der Waals surface area contributed by atoms with Gasteiger partial charge in [0.25, 0.3) is 0 Å². The third-order valence-electron chi connectivity index (χ3n) is 5.92. The van der Waals surface area contributed by atoms with Crippen LogP contribution in [-0.4, -0.2) is 41.5 Å². The molecule has 0 radical (unpaired) electrons. The highest BCUT2D eigenvalue weighted by Gasteiger charge is 2.54. The lowest BCUT2D eigenvalue weighted by Gasteiger charge is -2.41. The minimum Gasteiger partial charge on any atom is -0.374 e. The predicted octanol–water partition coefficient (Wildman–Crippen LogP) is 4.09. The molecular weight excluding hydrogens is 468 g/mol. The van der Waals surface area contributed by atoms with Crippen LogP contribution in [0.3, 0.4) is 0 Å². The second kappa shape index (κ2) is 12.0. The molecule has 2 fully saturated rings. The molecule has 2 aliphatic heterocycles. The second-order valence-electron chi connectivity index (χ2n) is 8.43. The van der Waals surface area contributed by atoms with Gasteiger partial charge in [-0.15, -0.1) is 0 Å². The molecule has 35 heavy (non-hydrogen) atoms. The van der Waals surface area contributed by atoms with Crippen LogP contribution in [-0.2, 0) is 58.5 Å². The molecule has 3 aromatic rings. The van der Waals surface area contributed by atoms with E-state index in [0.29, 0.717) is 19.8 Å². The summed E-state index contributed by atoms with van der Waals surface area (Å²) in [6, 6.07) is 29.6. The van der Waals surface area contributed by atoms with E-state index in [-0.39, 0.29) is 6.61 Å². The van der Waals surface area contributed by atoms with E-state index >= 15 is 0 Å². The monoisotopic (exact) mass is 496 g/mol. The first-order valence-corrected chi connectivity index (χ1v) is 12.6. The molecule has 6 atom stereocenters. The van der Waals surface area contributed by atoms with Crippen molar-refractivity contribution in [1.82, 2.24) is 0 Å². The molecule has 184 valence electrons. The topological polar surface area (TPSA) is 72.5 Å². The summed E-state index contributed by atoms with van der Waals surface area (Å²) in [5, 5.41) is 0. The summed E-state index contributed by atoms with van der Waals surface area (Å²) in [6.45, 7) is 1.38. The Labute approximate surface area is 207 Å². The van der Waals surface area contributed by atoms with Crippen molar-refractivity contribution < 1.29 is 31.5 Å². The molecule has 8 heteroatoms. The third-order valence-corrected chi connectivity index (χ3v) is 6.64. The Bertz CT molecular complexity index is 1070. The zero-order valence-corrected chi connectivity index (χ0v) is 20.0. The molecular formula is C27H28O7S. The molecule has 0 saturated carbocycles. The molecule has 0 N–H and O–H groups in total. The Morgan fingerprint density at radius 3 is 1.74 bits per heavy atom. The van der Waals surface area contributed by atoms with E-state index in [1.807, 2.05) is 91.0 Å². The van der Waals surface area contributed by atoms with Crippen LogP contribution in [0.2, 0.25) is 0 Å². The molecule has 3 aromatic carbocycles. The van der Waals surface area contributed by atoms with Crippen molar-refractivity contribution in [2.45, 2.75) is 50.5 Å². The van der Waals surface area contributed by atoms with Gasteiger partial charge in [0.15, 0.2) is 6.10 Å². The Hall–Kier alpha value is -2.43. The highest BCUT2D eigenvalue weighted by atomic mass is 32.2. The van der Waals surface area contributed by atoms with Crippen molar-refractivity contribution in [3.63, 3.8) is 0 Å². The van der Waals surface area contributed by atoms with E-state index in [9.17, 15) is 4.21 Å². The summed E-state index contributed by atoms with van der Waals surface area (Å²) >= 11 is -1.92. The molecule has 5 rings (SSSR count). The number of hydrogen-bond acceptors (Lipinski definition) is 7. The SMILES string of the molecule is O=S1O[C@H]2O[C@H](COCc3ccccc3)[C@H](OCc3ccccc3)[C@H](OCc3ccccc3)[C@H]2O1. The average Bonchev–Trinajstić information content (AvgIpc) is 3.28. The maximum atomic E-state index is 12.1. The number of ether oxygens (including phenoxy) is 4. The molecule has 1 unspecified atom stereocenters. The lowest BCUT2D eigenvalue weighted by molar-refractivity contribution is -0.276. The molecule has 0 aliphatic carbocycles. The van der Waals surface area contributed by atoms with Gasteiger partial charge in [0, 0.05) is 0 Å². The van der Waals surface area contributed by atoms with Crippen LogP contribution in [0, 0.1) is 0 Å². The fourth-order valence-corrected chi connectivity index (χ4v) is 4.91. The van der Waals surface area contributed by atoms with Gasteiger partial charge in [0.2, 0.25) is 6.29 Å². The lowest BCUT2D eigenvalue weighted by atomic mass is 9.98. The highest BCUT2D eigenvalue weighted by Crippen LogP contribution is 2.35. The Morgan fingerprint density at radius 2 is 1.17 bits per heavy atom. The molecule has 0 amide bonds. The quantitative estimate of drug-likeness (QED) is 0.419. The normalized spacial score (nSPS) is 28.0. The van der Waals surface area contributed by atoms with Crippen LogP contribution in [0.25, 0.3) is 0 Å². The standard InChI is InChI=1S/C27H28O7S/c28-35-33-26-25(31-18-22-14-8-3-9-15-22)24(30-17-21-12-6-2-7-13-21)23(32-27(26)34-35)19-29-16-20-10-4-1-5-11-20/h1-15,23-27H,16-19H2/t23-,24+,25+,26-,27-,35?/m1/s1. The van der Waals surface area contributed by atoms with Crippen molar-refractivity contribution in [3.05, 3.63) is 108 Å². The van der Waals surface area contributed by atoms with Gasteiger partial charge < -0.3 is 18.9 Å². The predicted molar refractivity (Wildman–Crippen MR) is 129 cm³/mol. The van der Waals surface area contributed by atoms with E-state index in [1.54, 1.807) is 0 Å². The van der Waals surface area contributed by atoms with Gasteiger partial charge in [-0.3, -0.25) is 4.18 Å². The Kier molecular flexibility index (Phi) is 8.33. The highest BCUT2D eigenvalue weighted by molar-refractivity contribution is 7.75. The van der Waals surface area contributed by atoms with Gasteiger partial charge in [0.05, 0.1) is 26.4 Å². The van der Waals surface area contributed by atoms with Gasteiger partial charge in [-0.1, -0.05) is 91.0 Å². The average molecular weight is 497 g/mol. The zero-order chi connectivity index (χ0) is 23.9. The molecule has 0 spiro atoms. The summed E-state index contributed by atoms with van der Waals surface area (Å²) in [6.07, 6.45) is -3.14. The Morgan fingerprint density at radius 1 is 0.657 bits per heavy atom. The van der Waals surface area contributed by atoms with Crippen molar-refractivity contribution in [2.24, 2.45) is 0 Å². The van der Waals surface area contributed by atoms with Crippen LogP contribution < -0.4 is 0 Å². The minimum absolute atomic E-state index is 0.249. The van der Waals surface area contributed by atoms with Crippen molar-refractivity contribution in [3.8, 4) is 0 Å². The van der Waals surface area contributed by atoms with E-state index < -0.39 is 42.1 Å². The van der Waals surface area contributed by atoms with E-state index in [0.717, 1.165) is 16.7 Å². The maximum absolute atomic E-state index is 12.1. The Balaban J connectivity index is 1.33. The van der Waals surface area contributed by atoms with Crippen LogP contribution in [0.5, 0.6) is 0 Å². The van der Waals surface area contributed by atoms with Gasteiger partial charge in [0.1, 0.15) is 18.3 Å². The third kappa shape index (κ3) is 6.42. The fraction of sp³-hybridized carbons (Fsp3) is 0.333. The van der Waals surface area contributed by atoms with E-state index in [1.165, 1.54) is 0 Å². The lowest BCUT2D eigenvalue weighted by Crippen LogP contribution is -2.59. The smallest absolute Gasteiger partial charge is 0.307 e. The number of rotatable bonds is 10. The van der Waals surface area contributed by atoms with Crippen molar-refractivity contribution in [1.29, 1.82) is 0 Å². The maximum Gasteiger partial charge on any atom is 0.307 e. The van der Waals surface area contributed by atoms with Crippen molar-refractivity contribution in [2.75, 3.05) is 6.61 Å². The molecule has 0 bridgehead atoms. The summed E-state index contributed by atoms with van der Waals surface area (Å²) in [4.78, 5) is 0. The van der Waals surface area contributed by atoms with Gasteiger partial charge in [-0.2, -0.15) is 4.21 Å². The van der Waals surface area contributed by atoms with Crippen LogP contribution >= 0.6 is 0 Å². The first-order valence-electron chi connectivity index (χ1n) is 11.6. The summed E-state index contributed by atoms with van der Waals surface area (Å²) < 4.78 is 47.8. The largest absolute Gasteiger partial charge is 0.374 e. The molecule has 2 aliphatic rings. The number of hydrogen-bond donors (Lipinski definition) is 0. The summed E-state index contributed by atoms with van der Waals surface area (Å²) in [7, 11) is 0. The first kappa shape index (κ1) is 24.3. The molecule has 2 saturated heterocycles. The summed E-state index contributed by atoms with van der Waals surface area (Å²) in [5.41, 5.74) is 3.09. The fourth-order valence-electron chi connectivity index (χ4n) is 4.18. The molecule has 0 aromatic heterocycles. The van der Waals surface area contributed by atoms with Crippen LogP contribution in [0.15, 0.2) is 91.0 Å². The second-order valence-corrected chi connectivity index (χ2v) is 9.22. The minimum atomic E-state index is -1.92. The number of fused-ring (bicyclic) bond motifs is 1. The van der Waals surface area contributed by atoms with E-state index in [4.69, 9.17) is 27.3 Å². The number of benzene rings is 3. The van der Waals surface area contributed by atoms with Gasteiger partial charge in [-0.05, 0) is 16.7 Å². The van der Waals surface area contributed by atoms with Crippen LogP contribution in [0.4, 0.5) is 0 Å². The van der Waals surface area contributed by atoms with Crippen LogP contribution in [0.1, 0.15) is 16.7 Å². The summed E-state index contributed by atoms with van der Waals surface area (Å²) in [5.74, 6) is 0. The first-order chi connectivity index (χ1) is 17.3.